The van der Waals surface area contributed by atoms with Crippen LogP contribution in [0.5, 0.6) is 0 Å². The molecule has 0 aliphatic heterocycles. The zero-order valence-electron chi connectivity index (χ0n) is 6.65. The Labute approximate surface area is 69.4 Å². The maximum atomic E-state index is 2.36. The quantitative estimate of drug-likeness (QED) is 0.252. The van der Waals surface area contributed by atoms with Gasteiger partial charge in [-0.3, -0.25) is 0 Å². The molecule has 0 rings (SSSR count). The maximum absolute atomic E-state index is 2.36. The molecule has 0 radical (unpaired) electrons. The van der Waals surface area contributed by atoms with E-state index in [0.717, 1.165) is 0 Å². The molecule has 0 heterocycles. The molecular formula is C7H17IN-. The molecule has 2 heteroatoms. The average Bonchev–Trinajstić information content (AvgIpc) is 1.80. The van der Waals surface area contributed by atoms with Crippen LogP contribution in [0.4, 0.5) is 0 Å². The number of alkyl halides is 1. The van der Waals surface area contributed by atoms with Gasteiger partial charge in [0.15, 0.2) is 0 Å². The second kappa shape index (κ2) is 6.81. The van der Waals surface area contributed by atoms with Crippen molar-refractivity contribution in [3.8, 4) is 0 Å². The third-order valence-electron chi connectivity index (χ3n) is 1.06. The molecule has 0 atom stereocenters. The van der Waals surface area contributed by atoms with E-state index in [-0.39, 0.29) is 0 Å². The molecule has 0 fully saturated rings. The second-order valence-corrected chi connectivity index (χ2v) is 5.99. The van der Waals surface area contributed by atoms with Crippen LogP contribution < -0.4 is 21.5 Å². The number of rotatable bonds is 5. The predicted molar refractivity (Wildman–Crippen MR) is 38.1 cm³/mol. The van der Waals surface area contributed by atoms with Gasteiger partial charge in [-0.05, 0) is 0 Å². The Morgan fingerprint density at radius 3 is 2.33 bits per heavy atom. The molecule has 0 aromatic rings. The van der Waals surface area contributed by atoms with E-state index in [9.17, 15) is 0 Å². The number of halogens is 1. The molecule has 0 saturated carbocycles. The van der Waals surface area contributed by atoms with Gasteiger partial charge in [0.2, 0.25) is 0 Å². The third kappa shape index (κ3) is 8.69. The molecule has 0 spiro atoms. The van der Waals surface area contributed by atoms with Crippen LogP contribution in [0.25, 0.3) is 0 Å². The van der Waals surface area contributed by atoms with Crippen molar-refractivity contribution < 1.29 is 21.5 Å². The monoisotopic (exact) mass is 242 g/mol. The topological polar surface area (TPSA) is 3.24 Å². The summed E-state index contributed by atoms with van der Waals surface area (Å²) in [6, 6.07) is 0. The molecular weight excluding hydrogens is 225 g/mol. The SMILES string of the molecule is CCCCC[I-]N(C)C. The van der Waals surface area contributed by atoms with Crippen LogP contribution in [0.3, 0.4) is 0 Å². The fourth-order valence-corrected chi connectivity index (χ4v) is 2.42. The van der Waals surface area contributed by atoms with Gasteiger partial charge in [-0.2, -0.15) is 0 Å². The summed E-state index contributed by atoms with van der Waals surface area (Å²) in [5, 5.41) is 0. The minimum absolute atomic E-state index is 0.386. The van der Waals surface area contributed by atoms with Crippen molar-refractivity contribution in [3.05, 3.63) is 0 Å². The molecule has 0 saturated heterocycles. The molecule has 0 aromatic heterocycles. The van der Waals surface area contributed by atoms with Crippen LogP contribution in [-0.4, -0.2) is 21.6 Å². The predicted octanol–water partition coefficient (Wildman–Crippen LogP) is -1.26. The van der Waals surface area contributed by atoms with Gasteiger partial charge >= 0.3 is 69.3 Å². The Balaban J connectivity index is 2.75. The van der Waals surface area contributed by atoms with Crippen LogP contribution in [-0.2, 0) is 0 Å². The summed E-state index contributed by atoms with van der Waals surface area (Å²) in [5.41, 5.74) is 0. The van der Waals surface area contributed by atoms with Crippen molar-refractivity contribution in [1.82, 2.24) is 3.11 Å². The summed E-state index contributed by atoms with van der Waals surface area (Å²) in [6.07, 6.45) is 4.23. The number of nitrogens with zero attached hydrogens (tertiary/aromatic N) is 1. The standard InChI is InChI=1S/C7H17IN/c1-4-5-6-7-8-9(2)3/h4-7H2,1-3H3/q-1. The molecule has 0 unspecified atom stereocenters. The Morgan fingerprint density at radius 1 is 1.22 bits per heavy atom. The number of hydrogen-bond acceptors (Lipinski definition) is 1. The van der Waals surface area contributed by atoms with Gasteiger partial charge in [0.05, 0.1) is 0 Å². The summed E-state index contributed by atoms with van der Waals surface area (Å²) < 4.78 is 3.83. The zero-order chi connectivity index (χ0) is 7.11. The van der Waals surface area contributed by atoms with Crippen LogP contribution in [0.1, 0.15) is 26.2 Å². The van der Waals surface area contributed by atoms with Gasteiger partial charge in [-0.15, -0.1) is 0 Å². The van der Waals surface area contributed by atoms with E-state index >= 15 is 0 Å². The van der Waals surface area contributed by atoms with Crippen LogP contribution in [0.2, 0.25) is 0 Å². The molecule has 0 bridgehead atoms. The van der Waals surface area contributed by atoms with Gasteiger partial charge in [-0.1, -0.05) is 0 Å². The fraction of sp³-hybridized carbons (Fsp3) is 1.00. The normalized spacial score (nSPS) is 11.1. The van der Waals surface area contributed by atoms with Gasteiger partial charge in [0, 0.05) is 0 Å². The first-order valence-electron chi connectivity index (χ1n) is 3.54. The van der Waals surface area contributed by atoms with Crippen LogP contribution >= 0.6 is 0 Å². The minimum atomic E-state index is 0.386. The molecule has 0 aliphatic rings. The Bertz CT molecular complexity index is 54.9. The fourth-order valence-electron chi connectivity index (χ4n) is 0.573. The first-order chi connectivity index (χ1) is 4.27. The third-order valence-corrected chi connectivity index (χ3v) is 3.67. The van der Waals surface area contributed by atoms with Gasteiger partial charge in [-0.25, -0.2) is 0 Å². The molecule has 9 heavy (non-hydrogen) atoms. The van der Waals surface area contributed by atoms with Crippen LogP contribution in [0, 0.1) is 0 Å². The Morgan fingerprint density at radius 2 is 1.89 bits per heavy atom. The van der Waals surface area contributed by atoms with E-state index in [4.69, 9.17) is 0 Å². The number of unbranched alkanes of at least 4 members (excludes halogenated alkanes) is 2. The molecule has 0 N–H and O–H groups in total. The zero-order valence-corrected chi connectivity index (χ0v) is 8.81. The van der Waals surface area contributed by atoms with E-state index in [2.05, 4.69) is 24.1 Å². The van der Waals surface area contributed by atoms with E-state index in [1.165, 1.54) is 23.7 Å². The van der Waals surface area contributed by atoms with Gasteiger partial charge in [0.25, 0.3) is 0 Å². The summed E-state index contributed by atoms with van der Waals surface area (Å²) >= 11 is 0.386. The van der Waals surface area contributed by atoms with Crippen molar-refractivity contribution in [2.45, 2.75) is 26.2 Å². The first kappa shape index (κ1) is 9.69. The molecule has 0 aliphatic carbocycles. The van der Waals surface area contributed by atoms with Gasteiger partial charge in [0.1, 0.15) is 0 Å². The van der Waals surface area contributed by atoms with Gasteiger partial charge < -0.3 is 0 Å². The Hall–Kier alpha value is 0.690. The van der Waals surface area contributed by atoms with Crippen molar-refractivity contribution in [1.29, 1.82) is 0 Å². The molecule has 1 nitrogen and oxygen atoms in total. The van der Waals surface area contributed by atoms with E-state index in [0.29, 0.717) is 21.5 Å². The summed E-state index contributed by atoms with van der Waals surface area (Å²) in [7, 11) is 4.36. The van der Waals surface area contributed by atoms with E-state index in [1.54, 1.807) is 0 Å². The summed E-state index contributed by atoms with van der Waals surface area (Å²) in [6.45, 7) is 2.26. The average molecular weight is 242 g/mol. The molecule has 0 amide bonds. The molecule has 58 valence electrons. The Kier molecular flexibility index (Phi) is 7.33. The van der Waals surface area contributed by atoms with Crippen molar-refractivity contribution in [2.75, 3.05) is 18.5 Å². The number of hydrogen-bond donors (Lipinski definition) is 0. The first-order valence-corrected chi connectivity index (χ1v) is 6.03. The summed E-state index contributed by atoms with van der Waals surface area (Å²) in [5.74, 6) is 0. The molecule has 0 aromatic carbocycles. The van der Waals surface area contributed by atoms with Crippen molar-refractivity contribution >= 4 is 0 Å². The van der Waals surface area contributed by atoms with Crippen molar-refractivity contribution in [3.63, 3.8) is 0 Å². The second-order valence-electron chi connectivity index (χ2n) is 2.30. The van der Waals surface area contributed by atoms with E-state index < -0.39 is 0 Å². The summed E-state index contributed by atoms with van der Waals surface area (Å²) in [4.78, 5) is 0. The van der Waals surface area contributed by atoms with Crippen molar-refractivity contribution in [2.24, 2.45) is 0 Å². The van der Waals surface area contributed by atoms with E-state index in [1.807, 2.05) is 0 Å². The van der Waals surface area contributed by atoms with Crippen LogP contribution in [0.15, 0.2) is 0 Å².